The number of hydrogen-bond acceptors (Lipinski definition) is 3. The van der Waals surface area contributed by atoms with E-state index >= 15 is 0 Å². The summed E-state index contributed by atoms with van der Waals surface area (Å²) in [6.45, 7) is 0. The van der Waals surface area contributed by atoms with Gasteiger partial charge in [-0.3, -0.25) is 14.8 Å². The molecule has 1 aromatic heterocycles. The molecule has 0 atom stereocenters. The number of para-hydroxylation sites is 1. The Labute approximate surface area is 126 Å². The molecule has 0 aliphatic carbocycles. The maximum Gasteiger partial charge on any atom is 0.201 e. The lowest BCUT2D eigenvalue weighted by Crippen LogP contribution is -2.09. The van der Waals surface area contributed by atoms with Crippen LogP contribution in [0, 0.1) is 11.6 Å². The van der Waals surface area contributed by atoms with Gasteiger partial charge in [0.25, 0.3) is 0 Å². The van der Waals surface area contributed by atoms with Crippen LogP contribution in [0.1, 0.15) is 15.9 Å². The van der Waals surface area contributed by atoms with Crippen molar-refractivity contribution in [3.8, 4) is 0 Å². The number of aromatic nitrogens is 2. The molecular formula is C15H7BrF2N2O. The van der Waals surface area contributed by atoms with Gasteiger partial charge in [0.15, 0.2) is 5.82 Å². The summed E-state index contributed by atoms with van der Waals surface area (Å²) in [5.41, 5.74) is 0.293. The highest BCUT2D eigenvalue weighted by molar-refractivity contribution is 9.10. The smallest absolute Gasteiger partial charge is 0.201 e. The first kappa shape index (κ1) is 13.8. The lowest BCUT2D eigenvalue weighted by molar-refractivity contribution is 0.103. The number of carbonyl (C=O) groups excluding carboxylic acids is 1. The van der Waals surface area contributed by atoms with Crippen molar-refractivity contribution in [3.63, 3.8) is 0 Å². The van der Waals surface area contributed by atoms with E-state index < -0.39 is 23.0 Å². The van der Waals surface area contributed by atoms with Crippen LogP contribution >= 0.6 is 15.9 Å². The predicted octanol–water partition coefficient (Wildman–Crippen LogP) is 3.90. The van der Waals surface area contributed by atoms with Crippen molar-refractivity contribution in [2.24, 2.45) is 0 Å². The molecule has 0 amide bonds. The van der Waals surface area contributed by atoms with E-state index in [1.54, 1.807) is 12.1 Å². The highest BCUT2D eigenvalue weighted by Crippen LogP contribution is 2.26. The molecule has 0 aliphatic heterocycles. The first-order chi connectivity index (χ1) is 10.1. The number of hydrogen-bond donors (Lipinski definition) is 0. The average Bonchev–Trinajstić information content (AvgIpc) is 2.50. The summed E-state index contributed by atoms with van der Waals surface area (Å²) in [4.78, 5) is 20.6. The zero-order chi connectivity index (χ0) is 15.0. The molecule has 0 radical (unpaired) electrons. The van der Waals surface area contributed by atoms with Gasteiger partial charge >= 0.3 is 0 Å². The molecule has 104 valence electrons. The van der Waals surface area contributed by atoms with Crippen LogP contribution < -0.4 is 0 Å². The maximum absolute atomic E-state index is 14.1. The third-order valence-electron chi connectivity index (χ3n) is 3.01. The zero-order valence-electron chi connectivity index (χ0n) is 10.5. The lowest BCUT2D eigenvalue weighted by Gasteiger charge is -2.07. The lowest BCUT2D eigenvalue weighted by atomic mass is 10.0. The minimum Gasteiger partial charge on any atom is -0.288 e. The van der Waals surface area contributed by atoms with E-state index in [4.69, 9.17) is 0 Å². The van der Waals surface area contributed by atoms with E-state index in [2.05, 4.69) is 25.9 Å². The van der Waals surface area contributed by atoms with Gasteiger partial charge in [0.05, 0.1) is 26.6 Å². The van der Waals surface area contributed by atoms with Gasteiger partial charge < -0.3 is 0 Å². The Morgan fingerprint density at radius 3 is 2.62 bits per heavy atom. The van der Waals surface area contributed by atoms with E-state index in [1.807, 2.05) is 0 Å². The van der Waals surface area contributed by atoms with Gasteiger partial charge in [0.1, 0.15) is 5.82 Å². The first-order valence-corrected chi connectivity index (χ1v) is 6.77. The van der Waals surface area contributed by atoms with Crippen LogP contribution in [0.5, 0.6) is 0 Å². The average molecular weight is 349 g/mol. The number of benzene rings is 2. The van der Waals surface area contributed by atoms with Crippen LogP contribution in [0.3, 0.4) is 0 Å². The SMILES string of the molecule is O=C(c1c(F)ccc(Br)c1F)c1cccc2nccnc12. The molecule has 6 heteroatoms. The minimum atomic E-state index is -0.930. The topological polar surface area (TPSA) is 42.9 Å². The summed E-state index contributed by atoms with van der Waals surface area (Å²) in [5.74, 6) is -2.61. The molecule has 0 bridgehead atoms. The molecule has 0 spiro atoms. The normalized spacial score (nSPS) is 10.8. The quantitative estimate of drug-likeness (QED) is 0.521. The third kappa shape index (κ3) is 2.31. The van der Waals surface area contributed by atoms with E-state index in [9.17, 15) is 13.6 Å². The van der Waals surface area contributed by atoms with Gasteiger partial charge in [-0.1, -0.05) is 6.07 Å². The summed E-state index contributed by atoms with van der Waals surface area (Å²) < 4.78 is 27.9. The Hall–Kier alpha value is -2.21. The largest absolute Gasteiger partial charge is 0.288 e. The molecule has 0 saturated carbocycles. The molecule has 2 aromatic carbocycles. The molecule has 0 fully saturated rings. The molecule has 0 N–H and O–H groups in total. The Bertz CT molecular complexity index is 862. The molecule has 0 saturated heterocycles. The summed E-state index contributed by atoms with van der Waals surface area (Å²) in [7, 11) is 0. The van der Waals surface area contributed by atoms with E-state index in [1.165, 1.54) is 24.5 Å². The third-order valence-corrected chi connectivity index (χ3v) is 3.63. The summed E-state index contributed by atoms with van der Waals surface area (Å²) in [6.07, 6.45) is 2.91. The highest BCUT2D eigenvalue weighted by atomic mass is 79.9. The number of nitrogens with zero attached hydrogens (tertiary/aromatic N) is 2. The predicted molar refractivity (Wildman–Crippen MR) is 77.0 cm³/mol. The second-order valence-corrected chi connectivity index (χ2v) is 5.13. The van der Waals surface area contributed by atoms with Crippen LogP contribution in [0.25, 0.3) is 11.0 Å². The number of fused-ring (bicyclic) bond motifs is 1. The number of ketones is 1. The fourth-order valence-electron chi connectivity index (χ4n) is 2.05. The van der Waals surface area contributed by atoms with Crippen LogP contribution in [-0.4, -0.2) is 15.8 Å². The molecular weight excluding hydrogens is 342 g/mol. The van der Waals surface area contributed by atoms with Crippen molar-refractivity contribution in [1.29, 1.82) is 0 Å². The fourth-order valence-corrected chi connectivity index (χ4v) is 2.38. The molecule has 1 heterocycles. The van der Waals surface area contributed by atoms with Gasteiger partial charge in [0.2, 0.25) is 5.78 Å². The summed E-state index contributed by atoms with van der Waals surface area (Å²) >= 11 is 2.95. The van der Waals surface area contributed by atoms with Crippen LogP contribution in [0.15, 0.2) is 47.2 Å². The van der Waals surface area contributed by atoms with Crippen LogP contribution in [0.4, 0.5) is 8.78 Å². The van der Waals surface area contributed by atoms with Gasteiger partial charge in [-0.15, -0.1) is 0 Å². The Morgan fingerprint density at radius 1 is 1.05 bits per heavy atom. The first-order valence-electron chi connectivity index (χ1n) is 5.97. The molecule has 0 aliphatic rings. The molecule has 21 heavy (non-hydrogen) atoms. The van der Waals surface area contributed by atoms with Crippen molar-refractivity contribution in [2.45, 2.75) is 0 Å². The molecule has 3 aromatic rings. The standard InChI is InChI=1S/C15H7BrF2N2O/c16-9-4-5-10(17)12(13(9)18)15(21)8-2-1-3-11-14(8)20-7-6-19-11/h1-7H. The van der Waals surface area contributed by atoms with Gasteiger partial charge in [-0.25, -0.2) is 8.78 Å². The fraction of sp³-hybridized carbons (Fsp3) is 0. The van der Waals surface area contributed by atoms with Crippen molar-refractivity contribution >= 4 is 32.7 Å². The Balaban J connectivity index is 2.25. The summed E-state index contributed by atoms with van der Waals surface area (Å²) in [5, 5.41) is 0. The van der Waals surface area contributed by atoms with Crippen molar-refractivity contribution < 1.29 is 13.6 Å². The zero-order valence-corrected chi connectivity index (χ0v) is 12.1. The van der Waals surface area contributed by atoms with E-state index in [-0.39, 0.29) is 10.0 Å². The van der Waals surface area contributed by atoms with Gasteiger partial charge in [-0.05, 0) is 40.2 Å². The van der Waals surface area contributed by atoms with Gasteiger partial charge in [-0.2, -0.15) is 0 Å². The number of rotatable bonds is 2. The maximum atomic E-state index is 14.1. The Kier molecular flexibility index (Phi) is 3.47. The van der Waals surface area contributed by atoms with Crippen LogP contribution in [-0.2, 0) is 0 Å². The second kappa shape index (κ2) is 5.29. The molecule has 3 rings (SSSR count). The second-order valence-electron chi connectivity index (χ2n) is 4.28. The van der Waals surface area contributed by atoms with Crippen molar-refractivity contribution in [2.75, 3.05) is 0 Å². The van der Waals surface area contributed by atoms with Crippen molar-refractivity contribution in [3.05, 3.63) is 70.0 Å². The molecule has 0 unspecified atom stereocenters. The minimum absolute atomic E-state index is 0.0265. The monoisotopic (exact) mass is 348 g/mol. The van der Waals surface area contributed by atoms with Gasteiger partial charge in [0, 0.05) is 12.4 Å². The van der Waals surface area contributed by atoms with Crippen LogP contribution in [0.2, 0.25) is 0 Å². The molecule has 3 nitrogen and oxygen atoms in total. The number of carbonyl (C=O) groups is 1. The highest BCUT2D eigenvalue weighted by Gasteiger charge is 2.23. The van der Waals surface area contributed by atoms with Crippen molar-refractivity contribution in [1.82, 2.24) is 9.97 Å². The summed E-state index contributed by atoms with van der Waals surface area (Å²) in [6, 6.07) is 6.99. The van der Waals surface area contributed by atoms with E-state index in [0.717, 1.165) is 6.07 Å². The van der Waals surface area contributed by atoms with E-state index in [0.29, 0.717) is 11.0 Å². The Morgan fingerprint density at radius 2 is 1.81 bits per heavy atom. The number of halogens is 3.